The van der Waals surface area contributed by atoms with E-state index in [1.807, 2.05) is 29.2 Å². The van der Waals surface area contributed by atoms with Gasteiger partial charge in [-0.3, -0.25) is 9.89 Å². The van der Waals surface area contributed by atoms with Crippen LogP contribution in [0.5, 0.6) is 5.75 Å². The Bertz CT molecular complexity index is 635. The Morgan fingerprint density at radius 2 is 2.19 bits per heavy atom. The Kier molecular flexibility index (Phi) is 3.51. The molecule has 1 fully saturated rings. The molecule has 1 aromatic carbocycles. The van der Waals surface area contributed by atoms with E-state index in [9.17, 15) is 4.79 Å². The van der Waals surface area contributed by atoms with E-state index in [1.54, 1.807) is 7.11 Å². The van der Waals surface area contributed by atoms with Crippen molar-refractivity contribution >= 4 is 11.6 Å². The molecule has 2 heterocycles. The SMILES string of the molecule is COc1ccc(C2CCCN2C(=O)c2[nH]ncc2N)cc1. The summed E-state index contributed by atoms with van der Waals surface area (Å²) in [5.74, 6) is 0.718. The Labute approximate surface area is 122 Å². The Hall–Kier alpha value is -2.50. The van der Waals surface area contributed by atoms with E-state index in [4.69, 9.17) is 10.5 Å². The van der Waals surface area contributed by atoms with Gasteiger partial charge in [-0.05, 0) is 30.5 Å². The Balaban J connectivity index is 1.85. The molecule has 1 atom stereocenters. The molecule has 1 aliphatic heterocycles. The molecule has 1 saturated heterocycles. The lowest BCUT2D eigenvalue weighted by Gasteiger charge is -2.24. The van der Waals surface area contributed by atoms with Gasteiger partial charge in [0.05, 0.1) is 25.0 Å². The zero-order chi connectivity index (χ0) is 14.8. The van der Waals surface area contributed by atoms with Crippen molar-refractivity contribution in [2.75, 3.05) is 19.4 Å². The number of rotatable bonds is 3. The fourth-order valence-electron chi connectivity index (χ4n) is 2.79. The summed E-state index contributed by atoms with van der Waals surface area (Å²) in [4.78, 5) is 14.4. The molecule has 21 heavy (non-hydrogen) atoms. The van der Waals surface area contributed by atoms with Gasteiger partial charge in [0.25, 0.3) is 5.91 Å². The van der Waals surface area contributed by atoms with Gasteiger partial charge in [0.2, 0.25) is 0 Å². The van der Waals surface area contributed by atoms with Crippen LogP contribution in [0, 0.1) is 0 Å². The number of nitrogens with zero attached hydrogens (tertiary/aromatic N) is 2. The number of nitrogens with one attached hydrogen (secondary N) is 1. The van der Waals surface area contributed by atoms with Gasteiger partial charge in [0.1, 0.15) is 11.4 Å². The standard InChI is InChI=1S/C15H18N4O2/c1-21-11-6-4-10(5-7-11)13-3-2-8-19(13)15(20)14-12(16)9-17-18-14/h4-7,9,13H,2-3,8,16H2,1H3,(H,17,18). The Morgan fingerprint density at radius 1 is 1.43 bits per heavy atom. The van der Waals surface area contributed by atoms with Crippen LogP contribution in [0.25, 0.3) is 0 Å². The third-order valence-electron chi connectivity index (χ3n) is 3.90. The van der Waals surface area contributed by atoms with E-state index < -0.39 is 0 Å². The van der Waals surface area contributed by atoms with Crippen molar-refractivity contribution in [3.63, 3.8) is 0 Å². The van der Waals surface area contributed by atoms with Gasteiger partial charge in [-0.15, -0.1) is 0 Å². The molecule has 1 aliphatic rings. The zero-order valence-corrected chi connectivity index (χ0v) is 11.9. The van der Waals surface area contributed by atoms with Crippen molar-refractivity contribution < 1.29 is 9.53 Å². The predicted octanol–water partition coefficient (Wildman–Crippen LogP) is 1.98. The third kappa shape index (κ3) is 2.44. The second kappa shape index (κ2) is 5.47. The average molecular weight is 286 g/mol. The van der Waals surface area contributed by atoms with Crippen molar-refractivity contribution in [3.8, 4) is 5.75 Å². The minimum atomic E-state index is -0.0941. The van der Waals surface area contributed by atoms with Gasteiger partial charge >= 0.3 is 0 Å². The average Bonchev–Trinajstić information content (AvgIpc) is 3.15. The van der Waals surface area contributed by atoms with Crippen LogP contribution in [-0.4, -0.2) is 34.7 Å². The number of hydrogen-bond acceptors (Lipinski definition) is 4. The van der Waals surface area contributed by atoms with E-state index in [1.165, 1.54) is 6.20 Å². The highest BCUT2D eigenvalue weighted by molar-refractivity contribution is 5.97. The van der Waals surface area contributed by atoms with Crippen LogP contribution in [-0.2, 0) is 0 Å². The molecule has 2 aromatic rings. The molecule has 0 saturated carbocycles. The summed E-state index contributed by atoms with van der Waals surface area (Å²) in [6.45, 7) is 0.730. The summed E-state index contributed by atoms with van der Waals surface area (Å²) in [5.41, 5.74) is 7.64. The number of nitrogens with two attached hydrogens (primary N) is 1. The molecular weight excluding hydrogens is 268 g/mol. The smallest absolute Gasteiger partial charge is 0.274 e. The number of ether oxygens (including phenoxy) is 1. The highest BCUT2D eigenvalue weighted by Gasteiger charge is 2.32. The van der Waals surface area contributed by atoms with E-state index in [-0.39, 0.29) is 11.9 Å². The molecule has 1 amide bonds. The molecule has 6 nitrogen and oxygen atoms in total. The van der Waals surface area contributed by atoms with Crippen molar-refractivity contribution in [2.24, 2.45) is 0 Å². The number of anilines is 1. The van der Waals surface area contributed by atoms with Gasteiger partial charge in [0.15, 0.2) is 0 Å². The lowest BCUT2D eigenvalue weighted by Crippen LogP contribution is -2.31. The van der Waals surface area contributed by atoms with Crippen LogP contribution >= 0.6 is 0 Å². The van der Waals surface area contributed by atoms with Crippen LogP contribution in [0.15, 0.2) is 30.5 Å². The number of carbonyl (C=O) groups excluding carboxylic acids is 1. The number of amides is 1. The number of methoxy groups -OCH3 is 1. The van der Waals surface area contributed by atoms with Crippen LogP contribution in [0.3, 0.4) is 0 Å². The monoisotopic (exact) mass is 286 g/mol. The van der Waals surface area contributed by atoms with Crippen molar-refractivity contribution in [2.45, 2.75) is 18.9 Å². The quantitative estimate of drug-likeness (QED) is 0.903. The molecule has 1 unspecified atom stereocenters. The van der Waals surface area contributed by atoms with Gasteiger partial charge < -0.3 is 15.4 Å². The third-order valence-corrected chi connectivity index (χ3v) is 3.90. The van der Waals surface area contributed by atoms with Crippen LogP contribution in [0.4, 0.5) is 5.69 Å². The largest absolute Gasteiger partial charge is 0.497 e. The van der Waals surface area contributed by atoms with Gasteiger partial charge in [-0.25, -0.2) is 0 Å². The number of aromatic nitrogens is 2. The van der Waals surface area contributed by atoms with Crippen LogP contribution in [0.2, 0.25) is 0 Å². The lowest BCUT2D eigenvalue weighted by molar-refractivity contribution is 0.0730. The van der Waals surface area contributed by atoms with Crippen molar-refractivity contribution in [1.82, 2.24) is 15.1 Å². The first-order valence-corrected chi connectivity index (χ1v) is 6.94. The minimum Gasteiger partial charge on any atom is -0.497 e. The first kappa shape index (κ1) is 13.5. The number of benzene rings is 1. The lowest BCUT2D eigenvalue weighted by atomic mass is 10.0. The number of nitrogen functional groups attached to an aromatic ring is 1. The highest BCUT2D eigenvalue weighted by Crippen LogP contribution is 2.34. The summed E-state index contributed by atoms with van der Waals surface area (Å²) in [5, 5.41) is 6.51. The van der Waals surface area contributed by atoms with E-state index in [0.29, 0.717) is 11.4 Å². The first-order chi connectivity index (χ1) is 10.2. The fraction of sp³-hybridized carbons (Fsp3) is 0.333. The first-order valence-electron chi connectivity index (χ1n) is 6.94. The summed E-state index contributed by atoms with van der Waals surface area (Å²) in [6, 6.07) is 7.92. The summed E-state index contributed by atoms with van der Waals surface area (Å²) in [6.07, 6.45) is 3.40. The number of aromatic amines is 1. The van der Waals surface area contributed by atoms with Gasteiger partial charge in [-0.2, -0.15) is 5.10 Å². The molecule has 110 valence electrons. The van der Waals surface area contributed by atoms with Gasteiger partial charge in [-0.1, -0.05) is 12.1 Å². The van der Waals surface area contributed by atoms with Crippen LogP contribution in [0.1, 0.15) is 34.9 Å². The molecule has 3 N–H and O–H groups in total. The number of likely N-dealkylation sites (tertiary alicyclic amines) is 1. The number of carbonyl (C=O) groups is 1. The van der Waals surface area contributed by atoms with Crippen molar-refractivity contribution in [3.05, 3.63) is 41.7 Å². The molecule has 0 radical (unpaired) electrons. The second-order valence-electron chi connectivity index (χ2n) is 5.13. The summed E-state index contributed by atoms with van der Waals surface area (Å²) in [7, 11) is 1.64. The summed E-state index contributed by atoms with van der Waals surface area (Å²) >= 11 is 0. The number of H-pyrrole nitrogens is 1. The Morgan fingerprint density at radius 3 is 2.81 bits per heavy atom. The van der Waals surface area contributed by atoms with E-state index in [2.05, 4.69) is 10.2 Å². The number of hydrogen-bond donors (Lipinski definition) is 2. The molecule has 0 spiro atoms. The molecule has 1 aromatic heterocycles. The molecule has 0 aliphatic carbocycles. The van der Waals surface area contributed by atoms with Crippen molar-refractivity contribution in [1.29, 1.82) is 0 Å². The maximum Gasteiger partial charge on any atom is 0.274 e. The maximum atomic E-state index is 12.6. The van der Waals surface area contributed by atoms with Gasteiger partial charge in [0, 0.05) is 6.54 Å². The molecule has 6 heteroatoms. The fourth-order valence-corrected chi connectivity index (χ4v) is 2.79. The maximum absolute atomic E-state index is 12.6. The van der Waals surface area contributed by atoms with E-state index in [0.717, 1.165) is 30.7 Å². The summed E-state index contributed by atoms with van der Waals surface area (Å²) < 4.78 is 5.17. The normalized spacial score (nSPS) is 18.0. The van der Waals surface area contributed by atoms with Crippen LogP contribution < -0.4 is 10.5 Å². The highest BCUT2D eigenvalue weighted by atomic mass is 16.5. The molecule has 0 bridgehead atoms. The molecule has 3 rings (SSSR count). The molecular formula is C15H18N4O2. The topological polar surface area (TPSA) is 84.2 Å². The van der Waals surface area contributed by atoms with E-state index >= 15 is 0 Å². The second-order valence-corrected chi connectivity index (χ2v) is 5.13. The minimum absolute atomic E-state index is 0.0751. The zero-order valence-electron chi connectivity index (χ0n) is 11.9. The predicted molar refractivity (Wildman–Crippen MR) is 79.0 cm³/mol.